The summed E-state index contributed by atoms with van der Waals surface area (Å²) in [5.74, 6) is 1.05. The van der Waals surface area contributed by atoms with Gasteiger partial charge in [0.05, 0.1) is 13.2 Å². The summed E-state index contributed by atoms with van der Waals surface area (Å²) in [5.41, 5.74) is 0.971. The van der Waals surface area contributed by atoms with Gasteiger partial charge in [0, 0.05) is 23.4 Å². The lowest BCUT2D eigenvalue weighted by Gasteiger charge is -2.13. The molecule has 1 aromatic rings. The fourth-order valence-corrected chi connectivity index (χ4v) is 2.67. The zero-order valence-electron chi connectivity index (χ0n) is 10.6. The van der Waals surface area contributed by atoms with Crippen molar-refractivity contribution in [1.82, 2.24) is 0 Å². The quantitative estimate of drug-likeness (QED) is 0.857. The van der Waals surface area contributed by atoms with Crippen molar-refractivity contribution in [2.45, 2.75) is 25.9 Å². The molecule has 1 saturated heterocycles. The van der Waals surface area contributed by atoms with Crippen molar-refractivity contribution >= 4 is 21.7 Å². The van der Waals surface area contributed by atoms with Crippen molar-refractivity contribution < 1.29 is 14.3 Å². The Hall–Kier alpha value is -0.870. The Morgan fingerprint density at radius 3 is 2.94 bits per heavy atom. The first-order valence-corrected chi connectivity index (χ1v) is 6.88. The van der Waals surface area contributed by atoms with E-state index in [-0.39, 0.29) is 17.8 Å². The molecule has 2 rings (SSSR count). The van der Waals surface area contributed by atoms with E-state index in [0.29, 0.717) is 13.0 Å². The SMILES string of the molecule is COc1ccc(Br)c(CC(=O)C2CCOC2C)c1. The lowest BCUT2D eigenvalue weighted by molar-refractivity contribution is -0.123. The first-order chi connectivity index (χ1) is 8.61. The number of hydrogen-bond donors (Lipinski definition) is 0. The second-order valence-corrected chi connectivity index (χ2v) is 5.43. The highest BCUT2D eigenvalue weighted by atomic mass is 79.9. The van der Waals surface area contributed by atoms with Crippen molar-refractivity contribution in [3.05, 3.63) is 28.2 Å². The van der Waals surface area contributed by atoms with E-state index in [0.717, 1.165) is 22.2 Å². The first-order valence-electron chi connectivity index (χ1n) is 6.08. The van der Waals surface area contributed by atoms with Crippen molar-refractivity contribution in [2.24, 2.45) is 5.92 Å². The van der Waals surface area contributed by atoms with Crippen LogP contribution in [0.15, 0.2) is 22.7 Å². The van der Waals surface area contributed by atoms with Crippen LogP contribution in [0.4, 0.5) is 0 Å². The average molecular weight is 313 g/mol. The van der Waals surface area contributed by atoms with E-state index in [1.807, 2.05) is 25.1 Å². The molecule has 4 heteroatoms. The summed E-state index contributed by atoms with van der Waals surface area (Å²) < 4.78 is 11.6. The van der Waals surface area contributed by atoms with Crippen LogP contribution in [0.3, 0.4) is 0 Å². The predicted molar refractivity (Wildman–Crippen MR) is 72.9 cm³/mol. The zero-order valence-corrected chi connectivity index (χ0v) is 12.2. The molecule has 3 nitrogen and oxygen atoms in total. The van der Waals surface area contributed by atoms with Crippen LogP contribution in [0.25, 0.3) is 0 Å². The second-order valence-electron chi connectivity index (χ2n) is 4.57. The first kappa shape index (κ1) is 13.6. The number of hydrogen-bond acceptors (Lipinski definition) is 3. The molecule has 0 bridgehead atoms. The van der Waals surface area contributed by atoms with E-state index < -0.39 is 0 Å². The van der Waals surface area contributed by atoms with Gasteiger partial charge in [-0.25, -0.2) is 0 Å². The van der Waals surface area contributed by atoms with E-state index in [4.69, 9.17) is 9.47 Å². The maximum absolute atomic E-state index is 12.2. The molecule has 0 radical (unpaired) electrons. The smallest absolute Gasteiger partial charge is 0.143 e. The molecule has 1 aliphatic rings. The van der Waals surface area contributed by atoms with Crippen molar-refractivity contribution in [3.8, 4) is 5.75 Å². The molecular formula is C14H17BrO3. The maximum atomic E-state index is 12.2. The second kappa shape index (κ2) is 5.85. The van der Waals surface area contributed by atoms with E-state index >= 15 is 0 Å². The topological polar surface area (TPSA) is 35.5 Å². The zero-order chi connectivity index (χ0) is 13.1. The number of ether oxygens (including phenoxy) is 2. The lowest BCUT2D eigenvalue weighted by Crippen LogP contribution is -2.23. The third kappa shape index (κ3) is 2.93. The van der Waals surface area contributed by atoms with Gasteiger partial charge in [-0.1, -0.05) is 15.9 Å². The standard InChI is InChI=1S/C14H17BrO3/c1-9-12(5-6-18-9)14(16)8-10-7-11(17-2)3-4-13(10)15/h3-4,7,9,12H,5-6,8H2,1-2H3. The van der Waals surface area contributed by atoms with Crippen LogP contribution >= 0.6 is 15.9 Å². The number of carbonyl (C=O) groups excluding carboxylic acids is 1. The Morgan fingerprint density at radius 1 is 1.56 bits per heavy atom. The summed E-state index contributed by atoms with van der Waals surface area (Å²) in [6.07, 6.45) is 1.31. The van der Waals surface area contributed by atoms with Gasteiger partial charge in [0.15, 0.2) is 0 Å². The van der Waals surface area contributed by atoms with Gasteiger partial charge in [0.1, 0.15) is 11.5 Å². The third-order valence-corrected chi connectivity index (χ3v) is 4.18. The molecule has 1 heterocycles. The Bertz CT molecular complexity index is 445. The van der Waals surface area contributed by atoms with Crippen LogP contribution in [0.2, 0.25) is 0 Å². The Morgan fingerprint density at radius 2 is 2.33 bits per heavy atom. The molecule has 0 aliphatic carbocycles. The predicted octanol–water partition coefficient (Wildman–Crippen LogP) is 2.99. The summed E-state index contributed by atoms with van der Waals surface area (Å²) in [6, 6.07) is 5.69. The fourth-order valence-electron chi connectivity index (χ4n) is 2.29. The van der Waals surface area contributed by atoms with Gasteiger partial charge in [0.25, 0.3) is 0 Å². The molecule has 1 fully saturated rings. The summed E-state index contributed by atoms with van der Waals surface area (Å²) in [4.78, 5) is 12.2. The number of benzene rings is 1. The molecule has 2 atom stereocenters. The van der Waals surface area contributed by atoms with Gasteiger partial charge < -0.3 is 9.47 Å². The minimum Gasteiger partial charge on any atom is -0.497 e. The molecule has 1 aromatic carbocycles. The van der Waals surface area contributed by atoms with E-state index in [9.17, 15) is 4.79 Å². The third-order valence-electron chi connectivity index (χ3n) is 3.41. The van der Waals surface area contributed by atoms with Crippen LogP contribution in [-0.2, 0) is 16.0 Å². The lowest BCUT2D eigenvalue weighted by atomic mass is 9.93. The molecule has 0 aromatic heterocycles. The number of rotatable bonds is 4. The molecule has 0 amide bonds. The van der Waals surface area contributed by atoms with E-state index in [1.54, 1.807) is 7.11 Å². The average Bonchev–Trinajstić information content (AvgIpc) is 2.78. The minimum absolute atomic E-state index is 0.0306. The van der Waals surface area contributed by atoms with Gasteiger partial charge in [-0.15, -0.1) is 0 Å². The number of halogens is 1. The van der Waals surface area contributed by atoms with Gasteiger partial charge in [-0.2, -0.15) is 0 Å². The summed E-state index contributed by atoms with van der Waals surface area (Å²) >= 11 is 3.47. The van der Waals surface area contributed by atoms with Crippen molar-refractivity contribution in [3.63, 3.8) is 0 Å². The molecule has 0 spiro atoms. The highest BCUT2D eigenvalue weighted by molar-refractivity contribution is 9.10. The number of methoxy groups -OCH3 is 1. The van der Waals surface area contributed by atoms with Crippen LogP contribution in [0, 0.1) is 5.92 Å². The van der Waals surface area contributed by atoms with Gasteiger partial charge in [0.2, 0.25) is 0 Å². The van der Waals surface area contributed by atoms with Crippen LogP contribution in [0.1, 0.15) is 18.9 Å². The highest BCUT2D eigenvalue weighted by Crippen LogP contribution is 2.27. The Kier molecular flexibility index (Phi) is 4.40. The van der Waals surface area contributed by atoms with E-state index in [1.165, 1.54) is 0 Å². The molecule has 2 unspecified atom stereocenters. The molecule has 0 N–H and O–H groups in total. The minimum atomic E-state index is 0.0306. The summed E-state index contributed by atoms with van der Waals surface area (Å²) in [5, 5.41) is 0. The Balaban J connectivity index is 2.11. The molecule has 1 aliphatic heterocycles. The normalized spacial score (nSPS) is 23.1. The van der Waals surface area contributed by atoms with Crippen molar-refractivity contribution in [2.75, 3.05) is 13.7 Å². The van der Waals surface area contributed by atoms with Crippen molar-refractivity contribution in [1.29, 1.82) is 0 Å². The number of ketones is 1. The van der Waals surface area contributed by atoms with Crippen LogP contribution < -0.4 is 4.74 Å². The molecule has 0 saturated carbocycles. The van der Waals surface area contributed by atoms with Crippen LogP contribution in [0.5, 0.6) is 5.75 Å². The van der Waals surface area contributed by atoms with Gasteiger partial charge >= 0.3 is 0 Å². The summed E-state index contributed by atoms with van der Waals surface area (Å²) in [6.45, 7) is 2.66. The molecule has 18 heavy (non-hydrogen) atoms. The number of Topliss-reactive ketones (excluding diaryl/α,β-unsaturated/α-hetero) is 1. The largest absolute Gasteiger partial charge is 0.497 e. The van der Waals surface area contributed by atoms with Gasteiger partial charge in [-0.3, -0.25) is 4.79 Å². The monoisotopic (exact) mass is 312 g/mol. The maximum Gasteiger partial charge on any atom is 0.143 e. The fraction of sp³-hybridized carbons (Fsp3) is 0.500. The number of carbonyl (C=O) groups is 1. The van der Waals surface area contributed by atoms with Gasteiger partial charge in [-0.05, 0) is 37.1 Å². The Labute approximate surface area is 116 Å². The molecule has 98 valence electrons. The highest BCUT2D eigenvalue weighted by Gasteiger charge is 2.30. The molecular weight excluding hydrogens is 296 g/mol. The summed E-state index contributed by atoms with van der Waals surface area (Å²) in [7, 11) is 1.63. The van der Waals surface area contributed by atoms with Crippen LogP contribution in [-0.4, -0.2) is 25.6 Å². The van der Waals surface area contributed by atoms with E-state index in [2.05, 4.69) is 15.9 Å².